The van der Waals surface area contributed by atoms with Gasteiger partial charge < -0.3 is 11.5 Å². The van der Waals surface area contributed by atoms with Crippen LogP contribution in [0.2, 0.25) is 0 Å². The zero-order chi connectivity index (χ0) is 14.8. The molecule has 21 heavy (non-hydrogen) atoms. The van der Waals surface area contributed by atoms with E-state index in [4.69, 9.17) is 11.5 Å². The van der Waals surface area contributed by atoms with Gasteiger partial charge in [-0.05, 0) is 29.8 Å². The lowest BCUT2D eigenvalue weighted by Gasteiger charge is -2.04. The Bertz CT molecular complexity index is 814. The number of amides is 1. The predicted molar refractivity (Wildman–Crippen MR) is 88.6 cm³/mol. The second-order valence-corrected chi connectivity index (χ2v) is 6.77. The molecule has 1 aromatic heterocycles. The van der Waals surface area contributed by atoms with Crippen LogP contribution in [0, 0.1) is 0 Å². The second kappa shape index (κ2) is 5.75. The number of primary amides is 1. The van der Waals surface area contributed by atoms with E-state index in [2.05, 4.69) is 4.98 Å². The SMILES string of the molecule is NC(=O)c1ccccc1CSc1nc2ccc(N)cc2s1. The summed E-state index contributed by atoms with van der Waals surface area (Å²) in [7, 11) is 0. The van der Waals surface area contributed by atoms with E-state index in [9.17, 15) is 4.79 Å². The van der Waals surface area contributed by atoms with Gasteiger partial charge in [-0.15, -0.1) is 11.3 Å². The van der Waals surface area contributed by atoms with E-state index in [1.807, 2.05) is 36.4 Å². The van der Waals surface area contributed by atoms with Gasteiger partial charge in [-0.2, -0.15) is 0 Å². The van der Waals surface area contributed by atoms with Gasteiger partial charge in [-0.3, -0.25) is 4.79 Å². The van der Waals surface area contributed by atoms with Gasteiger partial charge in [0.2, 0.25) is 5.91 Å². The van der Waals surface area contributed by atoms with Gasteiger partial charge in [-0.25, -0.2) is 4.98 Å². The molecule has 0 radical (unpaired) electrons. The topological polar surface area (TPSA) is 82.0 Å². The molecule has 0 saturated carbocycles. The van der Waals surface area contributed by atoms with Gasteiger partial charge in [0, 0.05) is 17.0 Å². The van der Waals surface area contributed by atoms with Crippen molar-refractivity contribution in [2.24, 2.45) is 5.73 Å². The third kappa shape index (κ3) is 3.01. The molecule has 0 aliphatic carbocycles. The molecular weight excluding hydrogens is 302 g/mol. The number of benzene rings is 2. The maximum absolute atomic E-state index is 11.4. The van der Waals surface area contributed by atoms with Crippen LogP contribution in [0.5, 0.6) is 0 Å². The van der Waals surface area contributed by atoms with Gasteiger partial charge >= 0.3 is 0 Å². The van der Waals surface area contributed by atoms with Crippen LogP contribution in [0.15, 0.2) is 46.8 Å². The first-order valence-corrected chi connectivity index (χ1v) is 8.10. The van der Waals surface area contributed by atoms with Gasteiger partial charge in [0.1, 0.15) is 0 Å². The lowest BCUT2D eigenvalue weighted by atomic mass is 10.1. The molecular formula is C15H13N3OS2. The summed E-state index contributed by atoms with van der Waals surface area (Å²) in [5.74, 6) is 0.261. The number of rotatable bonds is 4. The summed E-state index contributed by atoms with van der Waals surface area (Å²) in [4.78, 5) is 16.0. The number of carbonyl (C=O) groups is 1. The van der Waals surface area contributed by atoms with Crippen molar-refractivity contribution in [2.75, 3.05) is 5.73 Å². The zero-order valence-corrected chi connectivity index (χ0v) is 12.7. The molecule has 0 atom stereocenters. The monoisotopic (exact) mass is 315 g/mol. The Labute approximate surface area is 130 Å². The highest BCUT2D eigenvalue weighted by Crippen LogP contribution is 2.32. The lowest BCUT2D eigenvalue weighted by molar-refractivity contribution is 0.0999. The van der Waals surface area contributed by atoms with Gasteiger partial charge in [0.25, 0.3) is 0 Å². The van der Waals surface area contributed by atoms with E-state index < -0.39 is 5.91 Å². The molecule has 3 rings (SSSR count). The molecule has 0 unspecified atom stereocenters. The van der Waals surface area contributed by atoms with Crippen LogP contribution < -0.4 is 11.5 Å². The van der Waals surface area contributed by atoms with Crippen molar-refractivity contribution in [3.05, 3.63) is 53.6 Å². The van der Waals surface area contributed by atoms with Crippen molar-refractivity contribution < 1.29 is 4.79 Å². The Morgan fingerprint density at radius 2 is 2.05 bits per heavy atom. The summed E-state index contributed by atoms with van der Waals surface area (Å²) in [6.07, 6.45) is 0. The van der Waals surface area contributed by atoms with Gasteiger partial charge in [-0.1, -0.05) is 30.0 Å². The third-order valence-electron chi connectivity index (χ3n) is 3.03. The first-order chi connectivity index (χ1) is 10.1. The summed E-state index contributed by atoms with van der Waals surface area (Å²) in [5, 5.41) is 0. The number of nitrogens with zero attached hydrogens (tertiary/aromatic N) is 1. The second-order valence-electron chi connectivity index (χ2n) is 4.52. The number of carbonyl (C=O) groups excluding carboxylic acids is 1. The molecule has 0 bridgehead atoms. The number of thioether (sulfide) groups is 1. The molecule has 3 aromatic rings. The molecule has 0 fully saturated rings. The van der Waals surface area contributed by atoms with Crippen LogP contribution in [-0.4, -0.2) is 10.9 Å². The molecule has 1 amide bonds. The largest absolute Gasteiger partial charge is 0.399 e. The fourth-order valence-corrected chi connectivity index (χ4v) is 4.13. The van der Waals surface area contributed by atoms with E-state index in [-0.39, 0.29) is 0 Å². The molecule has 2 aromatic carbocycles. The zero-order valence-electron chi connectivity index (χ0n) is 11.1. The Morgan fingerprint density at radius 3 is 2.86 bits per heavy atom. The minimum absolute atomic E-state index is 0.400. The van der Waals surface area contributed by atoms with Crippen LogP contribution in [0.1, 0.15) is 15.9 Å². The summed E-state index contributed by atoms with van der Waals surface area (Å²) in [6, 6.07) is 13.1. The third-order valence-corrected chi connectivity index (χ3v) is 5.24. The average Bonchev–Trinajstić information content (AvgIpc) is 2.87. The number of nitrogens with two attached hydrogens (primary N) is 2. The summed E-state index contributed by atoms with van der Waals surface area (Å²) in [5.41, 5.74) is 14.3. The van der Waals surface area contributed by atoms with E-state index in [0.717, 1.165) is 25.8 Å². The van der Waals surface area contributed by atoms with Crippen LogP contribution in [0.3, 0.4) is 0 Å². The smallest absolute Gasteiger partial charge is 0.249 e. The maximum atomic E-state index is 11.4. The standard InChI is InChI=1S/C15H13N3OS2/c16-10-5-6-12-13(7-10)21-15(18-12)20-8-9-3-1-2-4-11(9)14(17)19/h1-7H,8,16H2,(H2,17,19). The molecule has 4 N–H and O–H groups in total. The maximum Gasteiger partial charge on any atom is 0.249 e. The number of hydrogen-bond acceptors (Lipinski definition) is 5. The molecule has 0 saturated heterocycles. The van der Waals surface area contributed by atoms with Crippen LogP contribution >= 0.6 is 23.1 Å². The van der Waals surface area contributed by atoms with Crippen LogP contribution in [0.25, 0.3) is 10.2 Å². The highest BCUT2D eigenvalue weighted by atomic mass is 32.2. The molecule has 6 heteroatoms. The van der Waals surface area contributed by atoms with Crippen molar-refractivity contribution in [1.82, 2.24) is 4.98 Å². The summed E-state index contributed by atoms with van der Waals surface area (Å²) in [6.45, 7) is 0. The fraction of sp³-hybridized carbons (Fsp3) is 0.0667. The lowest BCUT2D eigenvalue weighted by Crippen LogP contribution is -2.13. The van der Waals surface area contributed by atoms with Crippen molar-refractivity contribution in [1.29, 1.82) is 0 Å². The highest BCUT2D eigenvalue weighted by Gasteiger charge is 2.09. The first kappa shape index (κ1) is 13.9. The molecule has 0 aliphatic heterocycles. The molecule has 4 nitrogen and oxygen atoms in total. The Balaban J connectivity index is 1.82. The Kier molecular flexibility index (Phi) is 3.81. The quantitative estimate of drug-likeness (QED) is 0.572. The average molecular weight is 315 g/mol. The van der Waals surface area contributed by atoms with Crippen LogP contribution in [0.4, 0.5) is 5.69 Å². The van der Waals surface area contributed by atoms with Gasteiger partial charge in [0.05, 0.1) is 10.2 Å². The molecule has 0 spiro atoms. The minimum atomic E-state index is -0.400. The number of anilines is 1. The molecule has 106 valence electrons. The predicted octanol–water partition coefficient (Wildman–Crippen LogP) is 3.27. The van der Waals surface area contributed by atoms with E-state index in [0.29, 0.717) is 11.3 Å². The van der Waals surface area contributed by atoms with Crippen molar-refractivity contribution in [3.8, 4) is 0 Å². The molecule has 0 aliphatic rings. The van der Waals surface area contributed by atoms with Crippen molar-refractivity contribution in [3.63, 3.8) is 0 Å². The highest BCUT2D eigenvalue weighted by molar-refractivity contribution is 8.00. The number of hydrogen-bond donors (Lipinski definition) is 2. The number of nitrogen functional groups attached to an aromatic ring is 1. The van der Waals surface area contributed by atoms with Gasteiger partial charge in [0.15, 0.2) is 4.34 Å². The normalized spacial score (nSPS) is 10.9. The minimum Gasteiger partial charge on any atom is -0.399 e. The fourth-order valence-electron chi connectivity index (χ4n) is 2.01. The molecule has 1 heterocycles. The number of fused-ring (bicyclic) bond motifs is 1. The Hall–Kier alpha value is -2.05. The van der Waals surface area contributed by atoms with Crippen molar-refractivity contribution in [2.45, 2.75) is 10.1 Å². The van der Waals surface area contributed by atoms with Crippen LogP contribution in [-0.2, 0) is 5.75 Å². The Morgan fingerprint density at radius 1 is 1.24 bits per heavy atom. The number of thiazole rings is 1. The first-order valence-electron chi connectivity index (χ1n) is 6.30. The van der Waals surface area contributed by atoms with E-state index in [1.165, 1.54) is 0 Å². The summed E-state index contributed by atoms with van der Waals surface area (Å²) < 4.78 is 2.02. The van der Waals surface area contributed by atoms with E-state index >= 15 is 0 Å². The summed E-state index contributed by atoms with van der Waals surface area (Å²) >= 11 is 3.20. The van der Waals surface area contributed by atoms with Crippen molar-refractivity contribution >= 4 is 44.9 Å². The number of aromatic nitrogens is 1. The van der Waals surface area contributed by atoms with E-state index in [1.54, 1.807) is 29.2 Å².